The zero-order chi connectivity index (χ0) is 14.2. The van der Waals surface area contributed by atoms with Crippen LogP contribution in [0.3, 0.4) is 0 Å². The zero-order valence-electron chi connectivity index (χ0n) is 10.3. The van der Waals surface area contributed by atoms with E-state index in [1.165, 1.54) is 12.1 Å². The van der Waals surface area contributed by atoms with E-state index >= 15 is 0 Å². The zero-order valence-corrected chi connectivity index (χ0v) is 11.8. The highest BCUT2D eigenvalue weighted by Gasteiger charge is 2.41. The summed E-state index contributed by atoms with van der Waals surface area (Å²) in [5.74, 6) is 0. The highest BCUT2D eigenvalue weighted by molar-refractivity contribution is 9.10. The van der Waals surface area contributed by atoms with Crippen LogP contribution in [0.15, 0.2) is 16.6 Å². The lowest BCUT2D eigenvalue weighted by molar-refractivity contribution is -0.384. The molecule has 7 heteroatoms. The largest absolute Gasteiger partial charge is 0.386 e. The lowest BCUT2D eigenvalue weighted by atomic mass is 9.90. The van der Waals surface area contributed by atoms with E-state index in [9.17, 15) is 15.2 Å². The van der Waals surface area contributed by atoms with E-state index in [1.54, 1.807) is 4.90 Å². The Morgan fingerprint density at radius 3 is 2.74 bits per heavy atom. The molecular weight excluding hydrogens is 314 g/mol. The van der Waals surface area contributed by atoms with Crippen molar-refractivity contribution >= 4 is 27.3 Å². The first-order valence-electron chi connectivity index (χ1n) is 5.75. The third-order valence-electron chi connectivity index (χ3n) is 3.35. The number of nitriles is 1. The van der Waals surface area contributed by atoms with Crippen LogP contribution in [0.25, 0.3) is 0 Å². The van der Waals surface area contributed by atoms with Crippen LogP contribution in [0.5, 0.6) is 0 Å². The van der Waals surface area contributed by atoms with Crippen LogP contribution in [-0.4, -0.2) is 28.7 Å². The Morgan fingerprint density at radius 2 is 2.26 bits per heavy atom. The van der Waals surface area contributed by atoms with E-state index < -0.39 is 10.5 Å². The standard InChI is InChI=1S/C12H12BrN3O3/c1-2-12(17)6-15(7-12)11-4-8(16(18)19)3-10(13)9(11)5-14/h3-4,17H,2,6-7H2,1H3. The number of anilines is 1. The van der Waals surface area contributed by atoms with Crippen molar-refractivity contribution in [3.63, 3.8) is 0 Å². The predicted molar refractivity (Wildman–Crippen MR) is 73.0 cm³/mol. The van der Waals surface area contributed by atoms with Crippen LogP contribution in [0.4, 0.5) is 11.4 Å². The summed E-state index contributed by atoms with van der Waals surface area (Å²) in [6.45, 7) is 2.64. The average molecular weight is 326 g/mol. The van der Waals surface area contributed by atoms with Gasteiger partial charge in [-0.25, -0.2) is 0 Å². The Balaban J connectivity index is 2.40. The fraction of sp³-hybridized carbons (Fsp3) is 0.417. The number of nitro groups is 1. The Labute approximate surface area is 118 Å². The van der Waals surface area contributed by atoms with Gasteiger partial charge in [0.1, 0.15) is 6.07 Å². The SMILES string of the molecule is CCC1(O)CN(c2cc([N+](=O)[O-])cc(Br)c2C#N)C1. The third kappa shape index (κ3) is 2.41. The molecule has 0 unspecified atom stereocenters. The molecule has 0 radical (unpaired) electrons. The van der Waals surface area contributed by atoms with Gasteiger partial charge in [0.2, 0.25) is 0 Å². The number of nitro benzene ring substituents is 1. The van der Waals surface area contributed by atoms with Gasteiger partial charge in [0.15, 0.2) is 0 Å². The molecule has 0 aliphatic carbocycles. The second-order valence-corrected chi connectivity index (χ2v) is 5.48. The van der Waals surface area contributed by atoms with Gasteiger partial charge in [0.25, 0.3) is 5.69 Å². The smallest absolute Gasteiger partial charge is 0.272 e. The first-order chi connectivity index (χ1) is 8.90. The maximum Gasteiger partial charge on any atom is 0.272 e. The van der Waals surface area contributed by atoms with Crippen molar-refractivity contribution in [1.29, 1.82) is 5.26 Å². The number of halogens is 1. The maximum absolute atomic E-state index is 10.9. The lowest BCUT2D eigenvalue weighted by Gasteiger charge is -2.47. The third-order valence-corrected chi connectivity index (χ3v) is 3.97. The summed E-state index contributed by atoms with van der Waals surface area (Å²) in [5, 5.41) is 30.0. The number of non-ortho nitro benzene ring substituents is 1. The van der Waals surface area contributed by atoms with Crippen molar-refractivity contribution in [1.82, 2.24) is 0 Å². The van der Waals surface area contributed by atoms with Crippen molar-refractivity contribution in [2.24, 2.45) is 0 Å². The molecule has 0 bridgehead atoms. The van der Waals surface area contributed by atoms with Crippen molar-refractivity contribution in [3.05, 3.63) is 32.3 Å². The Bertz CT molecular complexity index is 576. The Morgan fingerprint density at radius 1 is 1.63 bits per heavy atom. The van der Waals surface area contributed by atoms with Crippen molar-refractivity contribution in [3.8, 4) is 6.07 Å². The molecule has 0 spiro atoms. The van der Waals surface area contributed by atoms with E-state index in [1.807, 2.05) is 13.0 Å². The summed E-state index contributed by atoms with van der Waals surface area (Å²) < 4.78 is 0.395. The molecule has 6 nitrogen and oxygen atoms in total. The molecule has 0 aromatic heterocycles. The molecule has 0 atom stereocenters. The van der Waals surface area contributed by atoms with E-state index in [-0.39, 0.29) is 5.69 Å². The van der Waals surface area contributed by atoms with E-state index in [0.717, 1.165) is 0 Å². The molecule has 1 N–H and O–H groups in total. The van der Waals surface area contributed by atoms with Crippen LogP contribution < -0.4 is 4.90 Å². The van der Waals surface area contributed by atoms with Gasteiger partial charge in [-0.3, -0.25) is 10.1 Å². The second kappa shape index (κ2) is 4.79. The van der Waals surface area contributed by atoms with Crippen LogP contribution in [0.1, 0.15) is 18.9 Å². The molecule has 100 valence electrons. The summed E-state index contributed by atoms with van der Waals surface area (Å²) in [6.07, 6.45) is 0.613. The van der Waals surface area contributed by atoms with E-state index in [0.29, 0.717) is 35.2 Å². The monoisotopic (exact) mass is 325 g/mol. The summed E-state index contributed by atoms with van der Waals surface area (Å²) in [4.78, 5) is 12.1. The first kappa shape index (κ1) is 13.8. The minimum Gasteiger partial charge on any atom is -0.386 e. The number of aliphatic hydroxyl groups is 1. The van der Waals surface area contributed by atoms with Crippen molar-refractivity contribution < 1.29 is 10.0 Å². The molecule has 0 amide bonds. The molecule has 0 saturated carbocycles. The molecule has 19 heavy (non-hydrogen) atoms. The van der Waals surface area contributed by atoms with Crippen LogP contribution in [-0.2, 0) is 0 Å². The van der Waals surface area contributed by atoms with Crippen LogP contribution in [0.2, 0.25) is 0 Å². The molecule has 1 aromatic carbocycles. The molecule has 1 aromatic rings. The number of rotatable bonds is 3. The molecule has 1 aliphatic heterocycles. The number of hydrogen-bond donors (Lipinski definition) is 1. The Kier molecular flexibility index (Phi) is 3.47. The van der Waals surface area contributed by atoms with Gasteiger partial charge in [0, 0.05) is 29.7 Å². The van der Waals surface area contributed by atoms with Gasteiger partial charge < -0.3 is 10.0 Å². The highest BCUT2D eigenvalue weighted by Crippen LogP contribution is 2.37. The molecular formula is C12H12BrN3O3. The molecule has 1 saturated heterocycles. The topological polar surface area (TPSA) is 90.4 Å². The summed E-state index contributed by atoms with van der Waals surface area (Å²) in [7, 11) is 0. The van der Waals surface area contributed by atoms with Crippen LogP contribution in [0, 0.1) is 21.4 Å². The molecule has 1 heterocycles. The fourth-order valence-electron chi connectivity index (χ4n) is 2.10. The quantitative estimate of drug-likeness (QED) is 0.679. The predicted octanol–water partition coefficient (Wildman–Crippen LogP) is 2.19. The fourth-order valence-corrected chi connectivity index (χ4v) is 2.63. The number of β-amino-alcohol motifs (C(OH)–C–C–N with tert-alkyl or cyclic N) is 1. The lowest BCUT2D eigenvalue weighted by Crippen LogP contribution is -2.61. The minimum atomic E-state index is -0.760. The van der Waals surface area contributed by atoms with Gasteiger partial charge in [0.05, 0.1) is 21.8 Å². The second-order valence-electron chi connectivity index (χ2n) is 4.62. The minimum absolute atomic E-state index is 0.0761. The Hall–Kier alpha value is -1.65. The maximum atomic E-state index is 10.9. The summed E-state index contributed by atoms with van der Waals surface area (Å²) in [5.41, 5.74) is 0.00219. The van der Waals surface area contributed by atoms with E-state index in [4.69, 9.17) is 5.26 Å². The van der Waals surface area contributed by atoms with E-state index in [2.05, 4.69) is 15.9 Å². The average Bonchev–Trinajstić information content (AvgIpc) is 2.33. The summed E-state index contributed by atoms with van der Waals surface area (Å²) >= 11 is 3.18. The van der Waals surface area contributed by atoms with Crippen molar-refractivity contribution in [2.45, 2.75) is 18.9 Å². The van der Waals surface area contributed by atoms with Gasteiger partial charge in [-0.2, -0.15) is 5.26 Å². The van der Waals surface area contributed by atoms with Gasteiger partial charge in [-0.1, -0.05) is 6.92 Å². The number of benzene rings is 1. The highest BCUT2D eigenvalue weighted by atomic mass is 79.9. The van der Waals surface area contributed by atoms with Gasteiger partial charge >= 0.3 is 0 Å². The normalized spacial score (nSPS) is 16.6. The number of nitrogens with zero attached hydrogens (tertiary/aromatic N) is 3. The van der Waals surface area contributed by atoms with Gasteiger partial charge in [-0.05, 0) is 22.4 Å². The molecule has 2 rings (SSSR count). The molecule has 1 fully saturated rings. The number of hydrogen-bond acceptors (Lipinski definition) is 5. The molecule has 1 aliphatic rings. The first-order valence-corrected chi connectivity index (χ1v) is 6.55. The van der Waals surface area contributed by atoms with Crippen LogP contribution >= 0.6 is 15.9 Å². The van der Waals surface area contributed by atoms with Crippen molar-refractivity contribution in [2.75, 3.05) is 18.0 Å². The summed E-state index contributed by atoms with van der Waals surface area (Å²) in [6, 6.07) is 4.72. The van der Waals surface area contributed by atoms with Gasteiger partial charge in [-0.15, -0.1) is 0 Å².